The van der Waals surface area contributed by atoms with Crippen molar-refractivity contribution >= 4 is 23.7 Å². The maximum Gasteiger partial charge on any atom is 0.344 e. The van der Waals surface area contributed by atoms with Crippen molar-refractivity contribution in [2.24, 2.45) is 11.0 Å². The molecule has 40 heavy (non-hydrogen) atoms. The molecule has 2 aliphatic rings. The van der Waals surface area contributed by atoms with Crippen LogP contribution in [0.1, 0.15) is 46.8 Å². The summed E-state index contributed by atoms with van der Waals surface area (Å²) in [6.07, 6.45) is 4.56. The highest BCUT2D eigenvalue weighted by atomic mass is 19.1. The van der Waals surface area contributed by atoms with E-state index < -0.39 is 41.7 Å². The molecule has 7 nitrogen and oxygen atoms in total. The van der Waals surface area contributed by atoms with Crippen LogP contribution in [-0.2, 0) is 9.53 Å². The molecule has 0 unspecified atom stereocenters. The van der Waals surface area contributed by atoms with E-state index >= 15 is 0 Å². The second kappa shape index (κ2) is 11.7. The standard InChI is InChI=1S/C31H28F2N2O5/c1-38-22-13-9-19(10-14-22)17-21-5-3-6-24-29(21)34-35(30(24)20-11-15-23(39-2)16-12-20)27(36)18-40-31(37)28-25(32)7-4-8-26(28)33/h4,7-17,24,30H,3,5-6,18H2,1-2H3/b21-17-/t24-,30-/m0/s1. The zero-order chi connectivity index (χ0) is 28.2. The Morgan fingerprint density at radius 1 is 0.950 bits per heavy atom. The van der Waals surface area contributed by atoms with E-state index in [1.54, 1.807) is 14.2 Å². The van der Waals surface area contributed by atoms with Gasteiger partial charge in [0.15, 0.2) is 6.61 Å². The quantitative estimate of drug-likeness (QED) is 0.342. The van der Waals surface area contributed by atoms with Gasteiger partial charge in [0.2, 0.25) is 0 Å². The van der Waals surface area contributed by atoms with Gasteiger partial charge in [-0.3, -0.25) is 4.79 Å². The zero-order valence-corrected chi connectivity index (χ0v) is 22.1. The third kappa shape index (κ3) is 5.45. The number of halogens is 2. The predicted molar refractivity (Wildman–Crippen MR) is 145 cm³/mol. The van der Waals surface area contributed by atoms with Gasteiger partial charge in [-0.05, 0) is 78.4 Å². The van der Waals surface area contributed by atoms with E-state index in [0.29, 0.717) is 5.75 Å². The van der Waals surface area contributed by atoms with E-state index in [2.05, 4.69) is 6.08 Å². The molecule has 0 radical (unpaired) electrons. The highest BCUT2D eigenvalue weighted by Gasteiger charge is 2.44. The van der Waals surface area contributed by atoms with Gasteiger partial charge in [-0.15, -0.1) is 0 Å². The molecule has 1 aliphatic carbocycles. The fourth-order valence-corrected chi connectivity index (χ4v) is 5.20. The monoisotopic (exact) mass is 546 g/mol. The van der Waals surface area contributed by atoms with Crippen LogP contribution in [0, 0.1) is 17.6 Å². The van der Waals surface area contributed by atoms with E-state index in [4.69, 9.17) is 19.3 Å². The lowest BCUT2D eigenvalue weighted by Gasteiger charge is -2.29. The van der Waals surface area contributed by atoms with Gasteiger partial charge in [0.25, 0.3) is 5.91 Å². The molecule has 2 atom stereocenters. The lowest BCUT2D eigenvalue weighted by atomic mass is 9.77. The number of esters is 1. The highest BCUT2D eigenvalue weighted by molar-refractivity contribution is 6.08. The fraction of sp³-hybridized carbons (Fsp3) is 0.258. The van der Waals surface area contributed by atoms with Crippen LogP contribution in [0.5, 0.6) is 11.5 Å². The van der Waals surface area contributed by atoms with Crippen molar-refractivity contribution in [2.75, 3.05) is 20.8 Å². The second-order valence-corrected chi connectivity index (χ2v) is 9.56. The number of hydrazone groups is 1. The summed E-state index contributed by atoms with van der Waals surface area (Å²) in [6, 6.07) is 17.7. The van der Waals surface area contributed by atoms with Crippen LogP contribution in [0.3, 0.4) is 0 Å². The van der Waals surface area contributed by atoms with Crippen LogP contribution < -0.4 is 9.47 Å². The van der Waals surface area contributed by atoms with Gasteiger partial charge in [0.1, 0.15) is 28.7 Å². The Morgan fingerprint density at radius 2 is 1.57 bits per heavy atom. The van der Waals surface area contributed by atoms with Crippen molar-refractivity contribution in [1.29, 1.82) is 0 Å². The van der Waals surface area contributed by atoms with Crippen LogP contribution in [-0.4, -0.2) is 43.4 Å². The van der Waals surface area contributed by atoms with Gasteiger partial charge >= 0.3 is 5.97 Å². The number of methoxy groups -OCH3 is 2. The molecule has 0 spiro atoms. The predicted octanol–water partition coefficient (Wildman–Crippen LogP) is 5.96. The van der Waals surface area contributed by atoms with Crippen molar-refractivity contribution in [2.45, 2.75) is 25.3 Å². The molecule has 3 aromatic rings. The Hall–Kier alpha value is -4.53. The van der Waals surface area contributed by atoms with E-state index in [1.165, 1.54) is 5.01 Å². The van der Waals surface area contributed by atoms with Crippen molar-refractivity contribution in [3.05, 3.63) is 101 Å². The Labute approximate surface area is 230 Å². The zero-order valence-electron chi connectivity index (χ0n) is 22.1. The van der Waals surface area contributed by atoms with Crippen LogP contribution in [0.15, 0.2) is 77.4 Å². The summed E-state index contributed by atoms with van der Waals surface area (Å²) in [6.45, 7) is -0.722. The SMILES string of the molecule is COc1ccc(/C=C2/CCC[C@H]3C2=NN(C(=O)COC(=O)c2c(F)cccc2F)[C@H]3c2ccc(OC)cc2)cc1. The maximum absolute atomic E-state index is 14.1. The van der Waals surface area contributed by atoms with E-state index in [9.17, 15) is 18.4 Å². The number of ether oxygens (including phenoxy) is 3. The number of hydrogen-bond donors (Lipinski definition) is 0. The van der Waals surface area contributed by atoms with Crippen LogP contribution in [0.4, 0.5) is 8.78 Å². The summed E-state index contributed by atoms with van der Waals surface area (Å²) in [5.41, 5.74) is 2.79. The number of allylic oxidation sites excluding steroid dienone is 1. The molecular formula is C31H28F2N2O5. The third-order valence-electron chi connectivity index (χ3n) is 7.16. The first-order chi connectivity index (χ1) is 19.4. The molecule has 5 rings (SSSR count). The minimum absolute atomic E-state index is 0.0877. The molecular weight excluding hydrogens is 518 g/mol. The number of carbonyl (C=O) groups is 2. The van der Waals surface area contributed by atoms with Crippen LogP contribution in [0.2, 0.25) is 0 Å². The minimum Gasteiger partial charge on any atom is -0.497 e. The van der Waals surface area contributed by atoms with Gasteiger partial charge in [-0.2, -0.15) is 5.10 Å². The van der Waals surface area contributed by atoms with Gasteiger partial charge in [0.05, 0.1) is 26.0 Å². The molecule has 0 aromatic heterocycles. The summed E-state index contributed by atoms with van der Waals surface area (Å²) in [4.78, 5) is 25.9. The Balaban J connectivity index is 1.44. The molecule has 0 saturated heterocycles. The molecule has 1 amide bonds. The Morgan fingerprint density at radius 3 is 2.20 bits per heavy atom. The molecule has 0 bridgehead atoms. The maximum atomic E-state index is 14.1. The molecule has 9 heteroatoms. The number of nitrogens with zero attached hydrogens (tertiary/aromatic N) is 2. The van der Waals surface area contributed by atoms with Crippen LogP contribution >= 0.6 is 0 Å². The minimum atomic E-state index is -1.26. The Kier molecular flexibility index (Phi) is 7.91. The summed E-state index contributed by atoms with van der Waals surface area (Å²) in [7, 11) is 3.19. The first-order valence-electron chi connectivity index (χ1n) is 12.9. The lowest BCUT2D eigenvalue weighted by Crippen LogP contribution is -2.34. The molecule has 1 aliphatic heterocycles. The molecule has 3 aromatic carbocycles. The highest BCUT2D eigenvalue weighted by Crippen LogP contribution is 2.44. The summed E-state index contributed by atoms with van der Waals surface area (Å²) < 4.78 is 43.7. The molecule has 206 valence electrons. The average molecular weight is 547 g/mol. The largest absolute Gasteiger partial charge is 0.497 e. The Bertz CT molecular complexity index is 1450. The number of carbonyl (C=O) groups excluding carboxylic acids is 2. The molecule has 1 fully saturated rings. The second-order valence-electron chi connectivity index (χ2n) is 9.56. The van der Waals surface area contributed by atoms with Gasteiger partial charge in [0, 0.05) is 5.92 Å². The lowest BCUT2D eigenvalue weighted by molar-refractivity contribution is -0.137. The normalized spacial score (nSPS) is 19.1. The van der Waals surface area contributed by atoms with E-state index in [1.807, 2.05) is 48.5 Å². The van der Waals surface area contributed by atoms with E-state index in [0.717, 1.165) is 65.6 Å². The average Bonchev–Trinajstić information content (AvgIpc) is 3.37. The number of fused-ring (bicyclic) bond motifs is 1. The van der Waals surface area contributed by atoms with Gasteiger partial charge < -0.3 is 14.2 Å². The van der Waals surface area contributed by atoms with Gasteiger partial charge in [-0.1, -0.05) is 30.3 Å². The van der Waals surface area contributed by atoms with E-state index in [-0.39, 0.29) is 5.92 Å². The van der Waals surface area contributed by atoms with Crippen molar-refractivity contribution in [3.63, 3.8) is 0 Å². The number of hydrogen-bond acceptors (Lipinski definition) is 6. The number of amides is 1. The molecule has 0 N–H and O–H groups in total. The smallest absolute Gasteiger partial charge is 0.344 e. The van der Waals surface area contributed by atoms with Crippen LogP contribution in [0.25, 0.3) is 6.08 Å². The van der Waals surface area contributed by atoms with Gasteiger partial charge in [-0.25, -0.2) is 18.6 Å². The molecule has 1 saturated carbocycles. The van der Waals surface area contributed by atoms with Crippen molar-refractivity contribution in [1.82, 2.24) is 5.01 Å². The van der Waals surface area contributed by atoms with Crippen molar-refractivity contribution in [3.8, 4) is 11.5 Å². The number of rotatable bonds is 7. The fourth-order valence-electron chi connectivity index (χ4n) is 5.20. The summed E-state index contributed by atoms with van der Waals surface area (Å²) in [5.74, 6) is -2.64. The number of benzene rings is 3. The first kappa shape index (κ1) is 27.1. The summed E-state index contributed by atoms with van der Waals surface area (Å²) in [5, 5.41) is 6.08. The topological polar surface area (TPSA) is 77.4 Å². The van der Waals surface area contributed by atoms with Crippen molar-refractivity contribution < 1.29 is 32.6 Å². The molecule has 1 heterocycles. The summed E-state index contributed by atoms with van der Waals surface area (Å²) >= 11 is 0. The third-order valence-corrected chi connectivity index (χ3v) is 7.16. The first-order valence-corrected chi connectivity index (χ1v) is 12.9.